The molecule has 27 heavy (non-hydrogen) atoms. The summed E-state index contributed by atoms with van der Waals surface area (Å²) in [6.45, 7) is -0.624. The predicted molar refractivity (Wildman–Crippen MR) is 91.1 cm³/mol. The number of nitrogens with one attached hydrogen (secondary N) is 1. The van der Waals surface area contributed by atoms with Crippen LogP contribution >= 0.6 is 11.6 Å². The van der Waals surface area contributed by atoms with E-state index in [1.807, 2.05) is 5.32 Å². The van der Waals surface area contributed by atoms with Crippen LogP contribution in [0.25, 0.3) is 0 Å². The van der Waals surface area contributed by atoms with Gasteiger partial charge in [-0.1, -0.05) is 18.0 Å². The number of carbonyl (C=O) groups is 3. The molecule has 1 aliphatic heterocycles. The van der Waals surface area contributed by atoms with Crippen molar-refractivity contribution in [1.29, 1.82) is 0 Å². The Morgan fingerprint density at radius 3 is 2.67 bits per heavy atom. The fraction of sp³-hybridized carbons (Fsp3) is 0.471. The van der Waals surface area contributed by atoms with E-state index >= 15 is 0 Å². The average Bonchev–Trinajstić information content (AvgIpc) is 2.78. The van der Waals surface area contributed by atoms with Gasteiger partial charge in [0.1, 0.15) is 6.54 Å². The second-order valence-corrected chi connectivity index (χ2v) is 6.46. The number of halogens is 4. The van der Waals surface area contributed by atoms with Crippen molar-refractivity contribution >= 4 is 35.1 Å². The van der Waals surface area contributed by atoms with Gasteiger partial charge < -0.3 is 15.0 Å². The van der Waals surface area contributed by atoms with Gasteiger partial charge in [-0.25, -0.2) is 0 Å². The van der Waals surface area contributed by atoms with E-state index in [4.69, 9.17) is 16.3 Å². The summed E-state index contributed by atoms with van der Waals surface area (Å²) >= 11 is 5.56. The van der Waals surface area contributed by atoms with Crippen LogP contribution in [0.3, 0.4) is 0 Å². The molecule has 1 aromatic carbocycles. The number of carbonyl (C=O) groups excluding carboxylic acids is 3. The van der Waals surface area contributed by atoms with Gasteiger partial charge >= 0.3 is 12.1 Å². The Balaban J connectivity index is 1.89. The third kappa shape index (κ3) is 6.42. The lowest BCUT2D eigenvalue weighted by Crippen LogP contribution is -2.36. The second kappa shape index (κ2) is 9.07. The zero-order valence-electron chi connectivity index (χ0n) is 14.3. The van der Waals surface area contributed by atoms with E-state index in [1.165, 1.54) is 11.0 Å². The van der Waals surface area contributed by atoms with Gasteiger partial charge in [0.05, 0.1) is 11.3 Å². The highest BCUT2D eigenvalue weighted by Gasteiger charge is 2.34. The minimum Gasteiger partial charge on any atom is -0.454 e. The number of hydrogen-bond donors (Lipinski definition) is 1. The Labute approximate surface area is 158 Å². The first-order valence-corrected chi connectivity index (χ1v) is 8.64. The lowest BCUT2D eigenvalue weighted by atomic mass is 10.1. The van der Waals surface area contributed by atoms with Gasteiger partial charge in [0.2, 0.25) is 5.91 Å². The van der Waals surface area contributed by atoms with E-state index in [0.29, 0.717) is 19.0 Å². The number of amides is 2. The van der Waals surface area contributed by atoms with E-state index < -0.39 is 35.9 Å². The molecule has 2 amide bonds. The van der Waals surface area contributed by atoms with Crippen molar-refractivity contribution < 1.29 is 32.3 Å². The van der Waals surface area contributed by atoms with Crippen LogP contribution in [0.4, 0.5) is 18.9 Å². The average molecular weight is 407 g/mol. The lowest BCUT2D eigenvalue weighted by Gasteiger charge is -2.19. The number of esters is 1. The highest BCUT2D eigenvalue weighted by molar-refractivity contribution is 6.30. The van der Waals surface area contributed by atoms with Gasteiger partial charge in [-0.2, -0.15) is 13.2 Å². The summed E-state index contributed by atoms with van der Waals surface area (Å²) in [7, 11) is 0. The second-order valence-electron chi connectivity index (χ2n) is 6.02. The predicted octanol–water partition coefficient (Wildman–Crippen LogP) is 3.24. The first-order valence-electron chi connectivity index (χ1n) is 8.27. The third-order valence-electron chi connectivity index (χ3n) is 3.92. The fourth-order valence-electron chi connectivity index (χ4n) is 2.60. The minimum atomic E-state index is -4.71. The topological polar surface area (TPSA) is 75.7 Å². The van der Waals surface area contributed by atoms with Crippen molar-refractivity contribution in [3.63, 3.8) is 0 Å². The molecule has 0 aromatic heterocycles. The number of hydrogen-bond acceptors (Lipinski definition) is 4. The van der Waals surface area contributed by atoms with Crippen LogP contribution in [-0.4, -0.2) is 42.4 Å². The summed E-state index contributed by atoms with van der Waals surface area (Å²) in [5.74, 6) is -1.89. The molecule has 0 saturated carbocycles. The van der Waals surface area contributed by atoms with Crippen molar-refractivity contribution in [2.75, 3.05) is 25.0 Å². The van der Waals surface area contributed by atoms with E-state index in [9.17, 15) is 27.6 Å². The number of likely N-dealkylation sites (tertiary alicyclic amines) is 1. The largest absolute Gasteiger partial charge is 0.454 e. The van der Waals surface area contributed by atoms with Gasteiger partial charge in [-0.05, 0) is 31.0 Å². The quantitative estimate of drug-likeness (QED) is 0.762. The summed E-state index contributed by atoms with van der Waals surface area (Å²) in [5, 5.41) is 1.92. The first-order chi connectivity index (χ1) is 12.7. The maximum absolute atomic E-state index is 13.0. The summed E-state index contributed by atoms with van der Waals surface area (Å²) in [6, 6.07) is 2.90. The molecule has 0 atom stereocenters. The summed E-state index contributed by atoms with van der Waals surface area (Å²) in [6.07, 6.45) is -1.93. The molecule has 6 nitrogen and oxygen atoms in total. The summed E-state index contributed by atoms with van der Waals surface area (Å²) < 4.78 is 43.7. The molecular formula is C17H18ClF3N2O4. The van der Waals surface area contributed by atoms with E-state index in [0.717, 1.165) is 25.3 Å². The summed E-state index contributed by atoms with van der Waals surface area (Å²) in [5.41, 5.74) is -1.60. The van der Waals surface area contributed by atoms with Crippen LogP contribution in [0, 0.1) is 0 Å². The molecule has 10 heteroatoms. The van der Waals surface area contributed by atoms with Crippen molar-refractivity contribution in [3.8, 4) is 0 Å². The van der Waals surface area contributed by atoms with E-state index in [-0.39, 0.29) is 17.5 Å². The van der Waals surface area contributed by atoms with Gasteiger partial charge in [0.15, 0.2) is 6.61 Å². The van der Waals surface area contributed by atoms with Crippen LogP contribution in [0.5, 0.6) is 0 Å². The molecule has 1 heterocycles. The SMILES string of the molecule is O=C(COC(=O)CN1CCCCCC1=O)Nc1ccc(Cl)cc1C(F)(F)F. The van der Waals surface area contributed by atoms with Gasteiger partial charge in [-0.15, -0.1) is 0 Å². The van der Waals surface area contributed by atoms with Crippen LogP contribution in [-0.2, 0) is 25.3 Å². The number of rotatable bonds is 5. The molecule has 0 aliphatic carbocycles. The van der Waals surface area contributed by atoms with Gasteiger partial charge in [-0.3, -0.25) is 14.4 Å². The number of alkyl halides is 3. The van der Waals surface area contributed by atoms with Crippen LogP contribution in [0.2, 0.25) is 5.02 Å². The molecule has 1 saturated heterocycles. The Hall–Kier alpha value is -2.29. The van der Waals surface area contributed by atoms with Gasteiger partial charge in [0.25, 0.3) is 5.91 Å². The third-order valence-corrected chi connectivity index (χ3v) is 4.15. The molecule has 1 aromatic rings. The Kier molecular flexibility index (Phi) is 7.06. The normalized spacial score (nSPS) is 15.3. The van der Waals surface area contributed by atoms with Crippen LogP contribution < -0.4 is 5.32 Å². The summed E-state index contributed by atoms with van der Waals surface area (Å²) in [4.78, 5) is 36.8. The van der Waals surface area contributed by atoms with E-state index in [1.54, 1.807) is 0 Å². The fourth-order valence-corrected chi connectivity index (χ4v) is 2.77. The number of ether oxygens (including phenoxy) is 1. The minimum absolute atomic E-state index is 0.131. The molecule has 0 radical (unpaired) electrons. The molecule has 1 aliphatic rings. The highest BCUT2D eigenvalue weighted by Crippen LogP contribution is 2.36. The monoisotopic (exact) mass is 406 g/mol. The number of anilines is 1. The molecule has 0 bridgehead atoms. The Morgan fingerprint density at radius 2 is 1.96 bits per heavy atom. The van der Waals surface area contributed by atoms with Crippen molar-refractivity contribution in [2.45, 2.75) is 31.9 Å². The Morgan fingerprint density at radius 1 is 1.22 bits per heavy atom. The van der Waals surface area contributed by atoms with Crippen LogP contribution in [0.1, 0.15) is 31.2 Å². The maximum atomic E-state index is 13.0. The highest BCUT2D eigenvalue weighted by atomic mass is 35.5. The van der Waals surface area contributed by atoms with E-state index in [2.05, 4.69) is 0 Å². The number of benzene rings is 1. The molecule has 1 fully saturated rings. The lowest BCUT2D eigenvalue weighted by molar-refractivity contribution is -0.151. The van der Waals surface area contributed by atoms with Gasteiger partial charge in [0, 0.05) is 18.0 Å². The van der Waals surface area contributed by atoms with Crippen LogP contribution in [0.15, 0.2) is 18.2 Å². The van der Waals surface area contributed by atoms with Crippen molar-refractivity contribution in [1.82, 2.24) is 4.90 Å². The van der Waals surface area contributed by atoms with Crippen molar-refractivity contribution in [2.24, 2.45) is 0 Å². The van der Waals surface area contributed by atoms with Crippen molar-refractivity contribution in [3.05, 3.63) is 28.8 Å². The molecule has 2 rings (SSSR count). The zero-order chi connectivity index (χ0) is 20.0. The molecular weight excluding hydrogens is 389 g/mol. The Bertz CT molecular complexity index is 725. The molecule has 1 N–H and O–H groups in total. The maximum Gasteiger partial charge on any atom is 0.418 e. The molecule has 148 valence electrons. The molecule has 0 spiro atoms. The zero-order valence-corrected chi connectivity index (χ0v) is 15.0. The number of nitrogens with zero attached hydrogens (tertiary/aromatic N) is 1. The standard InChI is InChI=1S/C17H18ClF3N2O4/c18-11-5-6-13(12(8-11)17(19,20)21)22-14(24)10-27-16(26)9-23-7-3-1-2-4-15(23)25/h5-6,8H,1-4,7,9-10H2,(H,22,24). The molecule has 0 unspecified atom stereocenters. The first kappa shape index (κ1) is 21.0. The smallest absolute Gasteiger partial charge is 0.418 e.